The lowest BCUT2D eigenvalue weighted by Gasteiger charge is -2.30. The standard InChI is InChI=1S/C21H23NO6/c1-7-10-28-15-9-8-14(11-16(15)25-4)19-17(20(23)26-5)12(2)22-13(3)18(19)21(24)27-6/h1,8-9,11,19,22H,10H2,2-6H3. The molecule has 0 atom stereocenters. The number of dihydropyridines is 1. The summed E-state index contributed by atoms with van der Waals surface area (Å²) in [6, 6.07) is 5.13. The summed E-state index contributed by atoms with van der Waals surface area (Å²) in [4.78, 5) is 25.0. The molecule has 1 aromatic rings. The lowest BCUT2D eigenvalue weighted by atomic mass is 9.80. The van der Waals surface area contributed by atoms with Crippen LogP contribution in [0.15, 0.2) is 40.7 Å². The van der Waals surface area contributed by atoms with Gasteiger partial charge in [0.2, 0.25) is 0 Å². The van der Waals surface area contributed by atoms with Crippen LogP contribution in [0.4, 0.5) is 0 Å². The topological polar surface area (TPSA) is 83.1 Å². The average molecular weight is 385 g/mol. The molecule has 1 N–H and O–H groups in total. The predicted octanol–water partition coefficient (Wildman–Crippen LogP) is 2.29. The van der Waals surface area contributed by atoms with Gasteiger partial charge in [-0.15, -0.1) is 6.42 Å². The van der Waals surface area contributed by atoms with Crippen molar-refractivity contribution < 1.29 is 28.5 Å². The Balaban J connectivity index is 2.67. The Morgan fingerprint density at radius 2 is 1.61 bits per heavy atom. The quantitative estimate of drug-likeness (QED) is 0.594. The van der Waals surface area contributed by atoms with Crippen LogP contribution in [-0.4, -0.2) is 39.9 Å². The highest BCUT2D eigenvalue weighted by Crippen LogP contribution is 2.41. The number of ether oxygens (including phenoxy) is 4. The highest BCUT2D eigenvalue weighted by atomic mass is 16.5. The van der Waals surface area contributed by atoms with Gasteiger partial charge in [0.15, 0.2) is 11.5 Å². The van der Waals surface area contributed by atoms with Crippen LogP contribution in [-0.2, 0) is 19.1 Å². The van der Waals surface area contributed by atoms with Crippen molar-refractivity contribution in [2.45, 2.75) is 19.8 Å². The van der Waals surface area contributed by atoms with Crippen molar-refractivity contribution in [3.63, 3.8) is 0 Å². The zero-order valence-corrected chi connectivity index (χ0v) is 16.5. The van der Waals surface area contributed by atoms with E-state index in [1.807, 2.05) is 0 Å². The first-order valence-electron chi connectivity index (χ1n) is 8.48. The zero-order chi connectivity index (χ0) is 20.8. The van der Waals surface area contributed by atoms with E-state index in [4.69, 9.17) is 25.4 Å². The molecule has 0 bridgehead atoms. The number of benzene rings is 1. The fraction of sp³-hybridized carbons (Fsp3) is 0.333. The van der Waals surface area contributed by atoms with E-state index in [9.17, 15) is 9.59 Å². The van der Waals surface area contributed by atoms with E-state index in [0.717, 1.165) is 0 Å². The molecule has 0 saturated heterocycles. The Kier molecular flexibility index (Phi) is 6.72. The molecular weight excluding hydrogens is 362 g/mol. The Morgan fingerprint density at radius 1 is 1.04 bits per heavy atom. The lowest BCUT2D eigenvalue weighted by molar-refractivity contribution is -0.137. The number of nitrogens with one attached hydrogen (secondary N) is 1. The molecule has 2 rings (SSSR count). The number of terminal acetylenes is 1. The monoisotopic (exact) mass is 385 g/mol. The number of hydrogen-bond donors (Lipinski definition) is 1. The molecule has 148 valence electrons. The molecule has 0 radical (unpaired) electrons. The third kappa shape index (κ3) is 3.96. The lowest BCUT2D eigenvalue weighted by Crippen LogP contribution is -2.32. The predicted molar refractivity (Wildman–Crippen MR) is 103 cm³/mol. The van der Waals surface area contributed by atoms with Gasteiger partial charge in [-0.05, 0) is 31.5 Å². The maximum atomic E-state index is 12.5. The van der Waals surface area contributed by atoms with E-state index in [1.54, 1.807) is 32.0 Å². The number of carbonyl (C=O) groups is 2. The molecule has 0 fully saturated rings. The van der Waals surface area contributed by atoms with Gasteiger partial charge >= 0.3 is 11.9 Å². The highest BCUT2D eigenvalue weighted by molar-refractivity contribution is 5.99. The molecule has 0 aliphatic carbocycles. The van der Waals surface area contributed by atoms with Crippen molar-refractivity contribution in [3.05, 3.63) is 46.3 Å². The van der Waals surface area contributed by atoms with Crippen molar-refractivity contribution in [2.75, 3.05) is 27.9 Å². The van der Waals surface area contributed by atoms with Gasteiger partial charge < -0.3 is 24.3 Å². The first kappa shape index (κ1) is 20.9. The summed E-state index contributed by atoms with van der Waals surface area (Å²) < 4.78 is 20.8. The Morgan fingerprint density at radius 3 is 2.07 bits per heavy atom. The Hall–Kier alpha value is -3.40. The summed E-state index contributed by atoms with van der Waals surface area (Å²) in [6.45, 7) is 3.58. The average Bonchev–Trinajstić information content (AvgIpc) is 2.70. The molecular formula is C21H23NO6. The number of carbonyl (C=O) groups excluding carboxylic acids is 2. The van der Waals surface area contributed by atoms with E-state index >= 15 is 0 Å². The number of methoxy groups -OCH3 is 3. The van der Waals surface area contributed by atoms with Gasteiger partial charge in [-0.25, -0.2) is 9.59 Å². The van der Waals surface area contributed by atoms with E-state index in [2.05, 4.69) is 11.2 Å². The molecule has 1 aromatic carbocycles. The minimum atomic E-state index is -0.697. The third-order valence-electron chi connectivity index (χ3n) is 4.40. The Labute approximate surface area is 164 Å². The molecule has 0 unspecified atom stereocenters. The summed E-state index contributed by atoms with van der Waals surface area (Å²) in [5.74, 6) is 1.49. The van der Waals surface area contributed by atoms with Crippen LogP contribution in [0.5, 0.6) is 11.5 Å². The summed E-state index contributed by atoms with van der Waals surface area (Å²) in [6.07, 6.45) is 5.24. The van der Waals surface area contributed by atoms with Crippen molar-refractivity contribution in [3.8, 4) is 23.8 Å². The maximum absolute atomic E-state index is 12.5. The van der Waals surface area contributed by atoms with Gasteiger partial charge in [0, 0.05) is 11.4 Å². The van der Waals surface area contributed by atoms with Gasteiger partial charge in [0.05, 0.1) is 38.4 Å². The summed E-state index contributed by atoms with van der Waals surface area (Å²) in [5, 5.41) is 3.06. The van der Waals surface area contributed by atoms with E-state index in [1.165, 1.54) is 21.3 Å². The van der Waals surface area contributed by atoms with Gasteiger partial charge in [0.25, 0.3) is 0 Å². The molecule has 7 heteroatoms. The van der Waals surface area contributed by atoms with Gasteiger partial charge in [-0.1, -0.05) is 12.0 Å². The van der Waals surface area contributed by atoms with E-state index in [0.29, 0.717) is 39.6 Å². The SMILES string of the molecule is C#CCOc1ccc(C2C(C(=O)OC)=C(C)NC(C)=C2C(=O)OC)cc1OC. The number of hydrogen-bond acceptors (Lipinski definition) is 7. The van der Waals surface area contributed by atoms with Crippen molar-refractivity contribution in [1.82, 2.24) is 5.32 Å². The smallest absolute Gasteiger partial charge is 0.336 e. The van der Waals surface area contributed by atoms with Crippen molar-refractivity contribution in [2.24, 2.45) is 0 Å². The molecule has 0 spiro atoms. The van der Waals surface area contributed by atoms with Crippen LogP contribution in [0.25, 0.3) is 0 Å². The second kappa shape index (κ2) is 9.00. The molecule has 28 heavy (non-hydrogen) atoms. The number of allylic oxidation sites excluding steroid dienone is 2. The second-order valence-electron chi connectivity index (χ2n) is 6.02. The number of esters is 2. The first-order chi connectivity index (χ1) is 13.4. The van der Waals surface area contributed by atoms with Crippen molar-refractivity contribution in [1.29, 1.82) is 0 Å². The van der Waals surface area contributed by atoms with Crippen LogP contribution in [0.3, 0.4) is 0 Å². The minimum Gasteiger partial charge on any atom is -0.493 e. The van der Waals surface area contributed by atoms with E-state index < -0.39 is 17.9 Å². The Bertz CT molecular complexity index is 853. The molecule has 0 amide bonds. The van der Waals surface area contributed by atoms with Gasteiger partial charge in [-0.3, -0.25) is 0 Å². The van der Waals surface area contributed by atoms with Crippen LogP contribution >= 0.6 is 0 Å². The maximum Gasteiger partial charge on any atom is 0.336 e. The molecule has 1 heterocycles. The fourth-order valence-electron chi connectivity index (χ4n) is 3.19. The number of rotatable bonds is 6. The van der Waals surface area contributed by atoms with E-state index in [-0.39, 0.29) is 6.61 Å². The molecule has 0 saturated carbocycles. The van der Waals surface area contributed by atoms with Crippen LogP contribution in [0.2, 0.25) is 0 Å². The summed E-state index contributed by atoms with van der Waals surface area (Å²) in [5.41, 5.74) is 2.45. The fourth-order valence-corrected chi connectivity index (χ4v) is 3.19. The van der Waals surface area contributed by atoms with Gasteiger partial charge in [-0.2, -0.15) is 0 Å². The molecule has 1 aliphatic heterocycles. The highest BCUT2D eigenvalue weighted by Gasteiger charge is 2.37. The third-order valence-corrected chi connectivity index (χ3v) is 4.40. The van der Waals surface area contributed by atoms with Crippen LogP contribution in [0.1, 0.15) is 25.3 Å². The summed E-state index contributed by atoms with van der Waals surface area (Å²) in [7, 11) is 4.08. The normalized spacial score (nSPS) is 14.1. The second-order valence-corrected chi connectivity index (χ2v) is 6.02. The molecule has 1 aliphatic rings. The minimum absolute atomic E-state index is 0.0852. The van der Waals surface area contributed by atoms with Crippen molar-refractivity contribution >= 4 is 11.9 Å². The van der Waals surface area contributed by atoms with Gasteiger partial charge in [0.1, 0.15) is 6.61 Å². The first-order valence-corrected chi connectivity index (χ1v) is 8.48. The zero-order valence-electron chi connectivity index (χ0n) is 16.5. The molecule has 7 nitrogen and oxygen atoms in total. The molecule has 0 aromatic heterocycles. The summed E-state index contributed by atoms with van der Waals surface area (Å²) >= 11 is 0. The van der Waals surface area contributed by atoms with Crippen LogP contribution in [0, 0.1) is 12.3 Å². The van der Waals surface area contributed by atoms with Crippen LogP contribution < -0.4 is 14.8 Å². The largest absolute Gasteiger partial charge is 0.493 e.